The lowest BCUT2D eigenvalue weighted by atomic mass is 10.1. The number of hydrogen-bond acceptors (Lipinski definition) is 3. The molecule has 0 aromatic heterocycles. The molecule has 0 unspecified atom stereocenters. The molecule has 0 spiro atoms. The molecule has 1 aromatic rings. The summed E-state index contributed by atoms with van der Waals surface area (Å²) in [6.45, 7) is 3.13. The molecule has 1 aromatic carbocycles. The third kappa shape index (κ3) is 4.35. The number of hydrogen-bond donors (Lipinski definition) is 1. The number of carbonyl (C=O) groups excluding carboxylic acids is 2. The summed E-state index contributed by atoms with van der Waals surface area (Å²) in [5.74, 6) is 0.638. The maximum atomic E-state index is 12.7. The largest absolute Gasteiger partial charge is 0.368 e. The Balaban J connectivity index is 1.60. The molecule has 0 radical (unpaired) electrons. The van der Waals surface area contributed by atoms with Crippen LogP contribution in [0, 0.1) is 5.92 Å². The summed E-state index contributed by atoms with van der Waals surface area (Å²) in [5.41, 5.74) is 1.67. The Morgan fingerprint density at radius 1 is 1.21 bits per heavy atom. The first-order valence-corrected chi connectivity index (χ1v) is 8.81. The predicted octanol–water partition coefficient (Wildman–Crippen LogP) is 2.35. The van der Waals surface area contributed by atoms with Gasteiger partial charge in [0.05, 0.1) is 6.61 Å². The van der Waals surface area contributed by atoms with E-state index < -0.39 is 0 Å². The molecule has 0 aliphatic heterocycles. The van der Waals surface area contributed by atoms with E-state index in [0.29, 0.717) is 30.7 Å². The van der Waals surface area contributed by atoms with Crippen LogP contribution in [0.25, 0.3) is 0 Å². The van der Waals surface area contributed by atoms with Crippen molar-refractivity contribution in [2.24, 2.45) is 5.92 Å². The van der Waals surface area contributed by atoms with Gasteiger partial charge in [-0.05, 0) is 56.2 Å². The zero-order valence-electron chi connectivity index (χ0n) is 14.5. The lowest BCUT2D eigenvalue weighted by molar-refractivity contribution is -0.144. The van der Waals surface area contributed by atoms with E-state index in [-0.39, 0.29) is 17.9 Å². The van der Waals surface area contributed by atoms with Crippen LogP contribution in [0.3, 0.4) is 0 Å². The number of amides is 2. The SMILES string of the molecule is CNC(=O)c1ccc(CN(C(=O)[C@@H](C)OCC2CC2)C2CC2)cc1. The summed E-state index contributed by atoms with van der Waals surface area (Å²) in [6, 6.07) is 7.78. The number of carbonyl (C=O) groups is 2. The van der Waals surface area contributed by atoms with Gasteiger partial charge >= 0.3 is 0 Å². The van der Waals surface area contributed by atoms with Gasteiger partial charge in [0.2, 0.25) is 0 Å². The van der Waals surface area contributed by atoms with E-state index in [1.807, 2.05) is 24.0 Å². The molecule has 0 saturated heterocycles. The highest BCUT2D eigenvalue weighted by molar-refractivity contribution is 5.93. The van der Waals surface area contributed by atoms with Gasteiger partial charge in [0.15, 0.2) is 0 Å². The second kappa shape index (κ2) is 7.34. The summed E-state index contributed by atoms with van der Waals surface area (Å²) in [5, 5.41) is 2.61. The van der Waals surface area contributed by atoms with Gasteiger partial charge in [0.25, 0.3) is 11.8 Å². The van der Waals surface area contributed by atoms with E-state index in [9.17, 15) is 9.59 Å². The normalized spacial score (nSPS) is 18.1. The van der Waals surface area contributed by atoms with E-state index in [0.717, 1.165) is 18.4 Å². The highest BCUT2D eigenvalue weighted by Gasteiger charge is 2.35. The van der Waals surface area contributed by atoms with Gasteiger partial charge in [-0.25, -0.2) is 0 Å². The Morgan fingerprint density at radius 2 is 1.88 bits per heavy atom. The Hall–Kier alpha value is -1.88. The maximum absolute atomic E-state index is 12.7. The van der Waals surface area contributed by atoms with E-state index in [4.69, 9.17) is 4.74 Å². The smallest absolute Gasteiger partial charge is 0.251 e. The molecule has 2 saturated carbocycles. The van der Waals surface area contributed by atoms with Crippen molar-refractivity contribution in [3.63, 3.8) is 0 Å². The van der Waals surface area contributed by atoms with Gasteiger partial charge in [0, 0.05) is 25.2 Å². The maximum Gasteiger partial charge on any atom is 0.251 e. The molecule has 2 aliphatic rings. The van der Waals surface area contributed by atoms with Crippen molar-refractivity contribution in [3.05, 3.63) is 35.4 Å². The number of benzene rings is 1. The van der Waals surface area contributed by atoms with Crippen molar-refractivity contribution in [2.45, 2.75) is 51.3 Å². The van der Waals surface area contributed by atoms with Crippen LogP contribution in [0.1, 0.15) is 48.5 Å². The van der Waals surface area contributed by atoms with Crippen molar-refractivity contribution in [1.82, 2.24) is 10.2 Å². The quantitative estimate of drug-likeness (QED) is 0.796. The highest BCUT2D eigenvalue weighted by atomic mass is 16.5. The topological polar surface area (TPSA) is 58.6 Å². The molecule has 24 heavy (non-hydrogen) atoms. The fourth-order valence-electron chi connectivity index (χ4n) is 2.75. The second-order valence-electron chi connectivity index (χ2n) is 6.89. The monoisotopic (exact) mass is 330 g/mol. The van der Waals surface area contributed by atoms with Crippen LogP contribution in [0.2, 0.25) is 0 Å². The number of ether oxygens (including phenoxy) is 1. The summed E-state index contributed by atoms with van der Waals surface area (Å²) in [4.78, 5) is 26.3. The van der Waals surface area contributed by atoms with Crippen LogP contribution in [-0.2, 0) is 16.1 Å². The van der Waals surface area contributed by atoms with Crippen molar-refractivity contribution < 1.29 is 14.3 Å². The minimum atomic E-state index is -0.378. The molecule has 5 nitrogen and oxygen atoms in total. The van der Waals surface area contributed by atoms with Crippen LogP contribution < -0.4 is 5.32 Å². The third-order valence-electron chi connectivity index (χ3n) is 4.69. The first-order valence-electron chi connectivity index (χ1n) is 8.81. The van der Waals surface area contributed by atoms with E-state index >= 15 is 0 Å². The van der Waals surface area contributed by atoms with Gasteiger partial charge in [0.1, 0.15) is 6.10 Å². The number of nitrogens with zero attached hydrogens (tertiary/aromatic N) is 1. The fraction of sp³-hybridized carbons (Fsp3) is 0.579. The zero-order chi connectivity index (χ0) is 17.1. The summed E-state index contributed by atoms with van der Waals surface area (Å²) >= 11 is 0. The molecule has 2 aliphatic carbocycles. The van der Waals surface area contributed by atoms with Crippen LogP contribution >= 0.6 is 0 Å². The Kier molecular flexibility index (Phi) is 5.19. The van der Waals surface area contributed by atoms with Gasteiger partial charge in [-0.15, -0.1) is 0 Å². The minimum absolute atomic E-state index is 0.0773. The van der Waals surface area contributed by atoms with Crippen molar-refractivity contribution in [2.75, 3.05) is 13.7 Å². The molecule has 1 atom stereocenters. The average molecular weight is 330 g/mol. The highest BCUT2D eigenvalue weighted by Crippen LogP contribution is 2.31. The lowest BCUT2D eigenvalue weighted by Gasteiger charge is -2.26. The van der Waals surface area contributed by atoms with E-state index in [1.54, 1.807) is 19.2 Å². The average Bonchev–Trinajstić information content (AvgIpc) is 3.49. The van der Waals surface area contributed by atoms with Crippen molar-refractivity contribution in [3.8, 4) is 0 Å². The third-order valence-corrected chi connectivity index (χ3v) is 4.69. The van der Waals surface area contributed by atoms with Crippen LogP contribution in [0.15, 0.2) is 24.3 Å². The van der Waals surface area contributed by atoms with Gasteiger partial charge in [-0.1, -0.05) is 12.1 Å². The van der Waals surface area contributed by atoms with Gasteiger partial charge < -0.3 is 15.0 Å². The van der Waals surface area contributed by atoms with Gasteiger partial charge in [-0.3, -0.25) is 9.59 Å². The molecule has 5 heteroatoms. The Labute approximate surface area is 143 Å². The summed E-state index contributed by atoms with van der Waals surface area (Å²) in [6.07, 6.45) is 4.21. The summed E-state index contributed by atoms with van der Waals surface area (Å²) in [7, 11) is 1.62. The van der Waals surface area contributed by atoms with Crippen molar-refractivity contribution in [1.29, 1.82) is 0 Å². The lowest BCUT2D eigenvalue weighted by Crippen LogP contribution is -2.40. The standard InChI is InChI=1S/C19H26N2O3/c1-13(24-12-15-3-4-15)19(23)21(17-9-10-17)11-14-5-7-16(8-6-14)18(22)20-2/h5-8,13,15,17H,3-4,9-12H2,1-2H3,(H,20,22)/t13-/m1/s1. The van der Waals surface area contributed by atoms with E-state index in [2.05, 4.69) is 5.32 Å². The number of nitrogens with one attached hydrogen (secondary N) is 1. The molecular formula is C19H26N2O3. The first-order chi connectivity index (χ1) is 11.6. The van der Waals surface area contributed by atoms with E-state index in [1.165, 1.54) is 12.8 Å². The molecule has 130 valence electrons. The molecule has 0 bridgehead atoms. The Morgan fingerprint density at radius 3 is 2.42 bits per heavy atom. The van der Waals surface area contributed by atoms with Crippen molar-refractivity contribution >= 4 is 11.8 Å². The Bertz CT molecular complexity index is 591. The zero-order valence-corrected chi connectivity index (χ0v) is 14.5. The van der Waals surface area contributed by atoms with Crippen LogP contribution in [0.5, 0.6) is 0 Å². The molecule has 1 N–H and O–H groups in total. The van der Waals surface area contributed by atoms with Crippen LogP contribution in [0.4, 0.5) is 0 Å². The molecule has 2 fully saturated rings. The molecule has 3 rings (SSSR count). The minimum Gasteiger partial charge on any atom is -0.368 e. The second-order valence-corrected chi connectivity index (χ2v) is 6.89. The number of rotatable bonds is 8. The molecular weight excluding hydrogens is 304 g/mol. The summed E-state index contributed by atoms with van der Waals surface area (Å²) < 4.78 is 5.75. The fourth-order valence-corrected chi connectivity index (χ4v) is 2.75. The van der Waals surface area contributed by atoms with Crippen LogP contribution in [-0.4, -0.2) is 42.5 Å². The predicted molar refractivity (Wildman–Crippen MR) is 91.5 cm³/mol. The van der Waals surface area contributed by atoms with Gasteiger partial charge in [-0.2, -0.15) is 0 Å². The first kappa shape index (κ1) is 17.0. The molecule has 0 heterocycles. The molecule has 2 amide bonds.